The van der Waals surface area contributed by atoms with Crippen molar-refractivity contribution in [1.82, 2.24) is 5.32 Å². The number of halogens is 3. The fourth-order valence-corrected chi connectivity index (χ4v) is 2.11. The molecule has 0 aliphatic heterocycles. The zero-order valence-electron chi connectivity index (χ0n) is 13.7. The summed E-state index contributed by atoms with van der Waals surface area (Å²) in [4.78, 5) is 23.1. The lowest BCUT2D eigenvalue weighted by Crippen LogP contribution is -2.22. The van der Waals surface area contributed by atoms with Gasteiger partial charge in [-0.1, -0.05) is 24.3 Å². The van der Waals surface area contributed by atoms with E-state index < -0.39 is 18.7 Å². The van der Waals surface area contributed by atoms with E-state index in [2.05, 4.69) is 10.1 Å². The van der Waals surface area contributed by atoms with Gasteiger partial charge in [0.1, 0.15) is 6.61 Å². The van der Waals surface area contributed by atoms with Crippen LogP contribution in [0.2, 0.25) is 0 Å². The van der Waals surface area contributed by atoms with Crippen molar-refractivity contribution in [3.8, 4) is 0 Å². The van der Waals surface area contributed by atoms with Crippen molar-refractivity contribution in [2.45, 2.75) is 19.3 Å². The number of hydrogen-bond donors (Lipinski definition) is 2. The van der Waals surface area contributed by atoms with Crippen molar-refractivity contribution in [2.75, 3.05) is 6.61 Å². The van der Waals surface area contributed by atoms with Gasteiger partial charge in [-0.15, -0.1) is 0 Å². The van der Waals surface area contributed by atoms with Gasteiger partial charge in [0.2, 0.25) is 5.91 Å². The molecule has 2 rings (SSSR count). The van der Waals surface area contributed by atoms with Crippen molar-refractivity contribution in [1.29, 1.82) is 0 Å². The number of carbonyl (C=O) groups excluding carboxylic acids is 2. The van der Waals surface area contributed by atoms with Crippen LogP contribution in [0.15, 0.2) is 48.5 Å². The molecule has 138 valence electrons. The monoisotopic (exact) mass is 366 g/mol. The van der Waals surface area contributed by atoms with Crippen LogP contribution in [-0.2, 0) is 17.9 Å². The minimum Gasteiger partial charge on any atom is -0.367 e. The SMILES string of the molecule is NC(=O)c1ccc(CNC(=O)c2ccc(COCC(F)(F)F)cc2)cc1. The second-order valence-electron chi connectivity index (χ2n) is 5.55. The Bertz CT molecular complexity index is 757. The molecule has 2 aromatic rings. The predicted octanol–water partition coefficient (Wildman–Crippen LogP) is 2.79. The molecule has 0 bridgehead atoms. The summed E-state index contributed by atoms with van der Waals surface area (Å²) in [6.07, 6.45) is -4.37. The van der Waals surface area contributed by atoms with Gasteiger partial charge in [-0.3, -0.25) is 9.59 Å². The molecule has 0 unspecified atom stereocenters. The number of primary amides is 1. The van der Waals surface area contributed by atoms with Gasteiger partial charge in [0.15, 0.2) is 0 Å². The lowest BCUT2D eigenvalue weighted by atomic mass is 10.1. The van der Waals surface area contributed by atoms with Gasteiger partial charge in [0, 0.05) is 17.7 Å². The lowest BCUT2D eigenvalue weighted by molar-refractivity contribution is -0.176. The maximum Gasteiger partial charge on any atom is 0.411 e. The third-order valence-electron chi connectivity index (χ3n) is 3.44. The molecule has 2 amide bonds. The van der Waals surface area contributed by atoms with Crippen molar-refractivity contribution in [3.63, 3.8) is 0 Å². The molecule has 0 saturated carbocycles. The number of ether oxygens (including phenoxy) is 1. The number of rotatable bonds is 7. The Morgan fingerprint density at radius 1 is 0.923 bits per heavy atom. The second kappa shape index (κ2) is 8.48. The van der Waals surface area contributed by atoms with Crippen LogP contribution in [0.25, 0.3) is 0 Å². The molecule has 0 aliphatic rings. The van der Waals surface area contributed by atoms with Crippen LogP contribution < -0.4 is 11.1 Å². The van der Waals surface area contributed by atoms with E-state index in [0.29, 0.717) is 16.7 Å². The summed E-state index contributed by atoms with van der Waals surface area (Å²) in [6.45, 7) is -1.24. The Balaban J connectivity index is 1.84. The summed E-state index contributed by atoms with van der Waals surface area (Å²) in [5.74, 6) is -0.855. The first-order valence-corrected chi connectivity index (χ1v) is 7.65. The van der Waals surface area contributed by atoms with Gasteiger partial charge in [0.05, 0.1) is 6.61 Å². The molecular formula is C18H17F3N2O3. The molecular weight excluding hydrogens is 349 g/mol. The summed E-state index contributed by atoms with van der Waals surface area (Å²) >= 11 is 0. The molecule has 0 radical (unpaired) electrons. The normalized spacial score (nSPS) is 11.2. The molecule has 2 aromatic carbocycles. The van der Waals surface area contributed by atoms with Crippen molar-refractivity contribution in [2.24, 2.45) is 5.73 Å². The highest BCUT2D eigenvalue weighted by atomic mass is 19.4. The number of nitrogens with one attached hydrogen (secondary N) is 1. The Morgan fingerprint density at radius 3 is 2.00 bits per heavy atom. The van der Waals surface area contributed by atoms with E-state index in [-0.39, 0.29) is 19.1 Å². The highest BCUT2D eigenvalue weighted by Crippen LogP contribution is 2.16. The van der Waals surface area contributed by atoms with Crippen LogP contribution in [0.5, 0.6) is 0 Å². The highest BCUT2D eigenvalue weighted by Gasteiger charge is 2.27. The van der Waals surface area contributed by atoms with E-state index >= 15 is 0 Å². The van der Waals surface area contributed by atoms with Crippen LogP contribution in [0.1, 0.15) is 31.8 Å². The molecule has 0 heterocycles. The summed E-state index contributed by atoms with van der Waals surface area (Å²) in [5, 5.41) is 2.71. The molecule has 0 aliphatic carbocycles. The molecule has 3 N–H and O–H groups in total. The van der Waals surface area contributed by atoms with Crippen LogP contribution in [0, 0.1) is 0 Å². The summed E-state index contributed by atoms with van der Waals surface area (Å²) in [7, 11) is 0. The predicted molar refractivity (Wildman–Crippen MR) is 88.3 cm³/mol. The number of nitrogens with two attached hydrogens (primary N) is 1. The average molecular weight is 366 g/mol. The van der Waals surface area contributed by atoms with E-state index in [1.54, 1.807) is 24.3 Å². The van der Waals surface area contributed by atoms with E-state index in [9.17, 15) is 22.8 Å². The smallest absolute Gasteiger partial charge is 0.367 e. The quantitative estimate of drug-likeness (QED) is 0.791. The summed E-state index contributed by atoms with van der Waals surface area (Å²) in [5.41, 5.74) is 7.23. The number of alkyl halides is 3. The van der Waals surface area contributed by atoms with E-state index in [0.717, 1.165) is 5.56 Å². The minimum atomic E-state index is -4.37. The standard InChI is InChI=1S/C18H17F3N2O3/c19-18(20,21)11-26-10-13-3-7-15(8-4-13)17(25)23-9-12-1-5-14(6-2-12)16(22)24/h1-8H,9-11H2,(H2,22,24)(H,23,25). The Morgan fingerprint density at radius 2 is 1.46 bits per heavy atom. The summed E-state index contributed by atoms with van der Waals surface area (Å²) < 4.78 is 40.6. The first kappa shape index (κ1) is 19.5. The van der Waals surface area contributed by atoms with Crippen LogP contribution >= 0.6 is 0 Å². The van der Waals surface area contributed by atoms with Crippen molar-refractivity contribution >= 4 is 11.8 Å². The van der Waals surface area contributed by atoms with Crippen LogP contribution in [-0.4, -0.2) is 24.6 Å². The maximum absolute atomic E-state index is 12.1. The van der Waals surface area contributed by atoms with Crippen LogP contribution in [0.3, 0.4) is 0 Å². The van der Waals surface area contributed by atoms with Crippen molar-refractivity contribution in [3.05, 3.63) is 70.8 Å². The highest BCUT2D eigenvalue weighted by molar-refractivity contribution is 5.94. The Kier molecular flexibility index (Phi) is 6.35. The van der Waals surface area contributed by atoms with Crippen LogP contribution in [0.4, 0.5) is 13.2 Å². The van der Waals surface area contributed by atoms with Crippen molar-refractivity contribution < 1.29 is 27.5 Å². The molecule has 5 nitrogen and oxygen atoms in total. The first-order chi connectivity index (χ1) is 12.2. The summed E-state index contributed by atoms with van der Waals surface area (Å²) in [6, 6.07) is 12.6. The fraction of sp³-hybridized carbons (Fsp3) is 0.222. The fourth-order valence-electron chi connectivity index (χ4n) is 2.11. The maximum atomic E-state index is 12.1. The number of amides is 2. The number of hydrogen-bond acceptors (Lipinski definition) is 3. The number of benzene rings is 2. The number of carbonyl (C=O) groups is 2. The molecule has 8 heteroatoms. The van der Waals surface area contributed by atoms with Gasteiger partial charge in [-0.2, -0.15) is 13.2 Å². The third-order valence-corrected chi connectivity index (χ3v) is 3.44. The Labute approximate surface area is 148 Å². The second-order valence-corrected chi connectivity index (χ2v) is 5.55. The van der Waals surface area contributed by atoms with Gasteiger partial charge in [-0.25, -0.2) is 0 Å². The largest absolute Gasteiger partial charge is 0.411 e. The third kappa shape index (κ3) is 6.21. The topological polar surface area (TPSA) is 81.4 Å². The molecule has 0 atom stereocenters. The van der Waals surface area contributed by atoms with E-state index in [1.807, 2.05) is 0 Å². The van der Waals surface area contributed by atoms with Gasteiger partial charge in [-0.05, 0) is 35.4 Å². The zero-order chi connectivity index (χ0) is 19.2. The molecule has 0 spiro atoms. The first-order valence-electron chi connectivity index (χ1n) is 7.65. The molecule has 0 saturated heterocycles. The zero-order valence-corrected chi connectivity index (χ0v) is 13.7. The average Bonchev–Trinajstić information content (AvgIpc) is 2.59. The van der Waals surface area contributed by atoms with Gasteiger partial charge >= 0.3 is 6.18 Å². The molecule has 0 fully saturated rings. The molecule has 0 aromatic heterocycles. The minimum absolute atomic E-state index is 0.187. The van der Waals surface area contributed by atoms with E-state index in [1.165, 1.54) is 24.3 Å². The van der Waals surface area contributed by atoms with Gasteiger partial charge in [0.25, 0.3) is 5.91 Å². The Hall–Kier alpha value is -2.87. The van der Waals surface area contributed by atoms with E-state index in [4.69, 9.17) is 5.73 Å². The van der Waals surface area contributed by atoms with Gasteiger partial charge < -0.3 is 15.8 Å². The lowest BCUT2D eigenvalue weighted by Gasteiger charge is -2.09. The molecule has 26 heavy (non-hydrogen) atoms.